The van der Waals surface area contributed by atoms with Gasteiger partial charge in [-0.25, -0.2) is 13.4 Å². The lowest BCUT2D eigenvalue weighted by molar-refractivity contribution is -0.117. The number of nitrogens with zero attached hydrogens (tertiary/aromatic N) is 1. The molecule has 0 atom stereocenters. The van der Waals surface area contributed by atoms with Crippen LogP contribution < -0.4 is 5.32 Å². The van der Waals surface area contributed by atoms with Crippen LogP contribution in [0.2, 0.25) is 0 Å². The molecule has 0 aromatic carbocycles. The van der Waals surface area contributed by atoms with E-state index in [9.17, 15) is 13.2 Å². The molecule has 0 aliphatic heterocycles. The van der Waals surface area contributed by atoms with Gasteiger partial charge in [-0.3, -0.25) is 4.79 Å². The molecular formula is C13H16N2O4S. The zero-order chi connectivity index (χ0) is 15.4. The Balaban J connectivity index is 2.97. The molecule has 1 heterocycles. The van der Waals surface area contributed by atoms with Crippen molar-refractivity contribution in [3.8, 4) is 11.8 Å². The van der Waals surface area contributed by atoms with Gasteiger partial charge >= 0.3 is 0 Å². The largest absolute Gasteiger partial charge is 0.384 e. The monoisotopic (exact) mass is 296 g/mol. The van der Waals surface area contributed by atoms with Crippen LogP contribution in [0.15, 0.2) is 18.2 Å². The van der Waals surface area contributed by atoms with E-state index in [2.05, 4.69) is 22.1 Å². The molecule has 0 unspecified atom stereocenters. The second-order valence-corrected chi connectivity index (χ2v) is 7.17. The fourth-order valence-electron chi connectivity index (χ4n) is 1.14. The summed E-state index contributed by atoms with van der Waals surface area (Å²) < 4.78 is 21.6. The number of carbonyl (C=O) groups is 1. The highest BCUT2D eigenvalue weighted by Gasteiger charge is 2.38. The van der Waals surface area contributed by atoms with Crippen molar-refractivity contribution in [2.75, 3.05) is 18.2 Å². The number of aromatic nitrogens is 1. The summed E-state index contributed by atoms with van der Waals surface area (Å²) in [4.78, 5) is 16.0. The molecular weight excluding hydrogens is 280 g/mol. The van der Waals surface area contributed by atoms with Crippen LogP contribution in [0.1, 0.15) is 19.5 Å². The fourth-order valence-corrected chi connectivity index (χ4v) is 1.53. The highest BCUT2D eigenvalue weighted by Crippen LogP contribution is 2.17. The standard InChI is InChI=1S/C13H16N2O4S/c1-13(2,20(3,18)19)12(17)15-11-8-4-6-10(14-11)7-5-9-16/h4,6,8,16H,9H2,1-3H3,(H,14,15,17). The van der Waals surface area contributed by atoms with Crippen molar-refractivity contribution in [2.24, 2.45) is 0 Å². The van der Waals surface area contributed by atoms with E-state index in [0.717, 1.165) is 6.26 Å². The number of pyridine rings is 1. The van der Waals surface area contributed by atoms with Crippen LogP contribution in [0, 0.1) is 11.8 Å². The van der Waals surface area contributed by atoms with Gasteiger partial charge in [0.25, 0.3) is 0 Å². The van der Waals surface area contributed by atoms with E-state index in [-0.39, 0.29) is 12.4 Å². The zero-order valence-corrected chi connectivity index (χ0v) is 12.3. The Labute approximate surface area is 118 Å². The minimum Gasteiger partial charge on any atom is -0.384 e. The maximum absolute atomic E-state index is 12.0. The Morgan fingerprint density at radius 3 is 2.65 bits per heavy atom. The Kier molecular flexibility index (Phi) is 4.87. The molecule has 1 aromatic rings. The second kappa shape index (κ2) is 6.03. The van der Waals surface area contributed by atoms with Crippen LogP contribution in [0.25, 0.3) is 0 Å². The molecule has 20 heavy (non-hydrogen) atoms. The number of rotatable bonds is 3. The molecule has 0 radical (unpaired) electrons. The molecule has 7 heteroatoms. The van der Waals surface area contributed by atoms with Gasteiger partial charge in [-0.1, -0.05) is 12.0 Å². The topological polar surface area (TPSA) is 96.4 Å². The SMILES string of the molecule is CC(C)(C(=O)Nc1cccc(C#CCO)n1)S(C)(=O)=O. The van der Waals surface area contributed by atoms with E-state index < -0.39 is 20.5 Å². The smallest absolute Gasteiger partial charge is 0.246 e. The third kappa shape index (κ3) is 3.79. The van der Waals surface area contributed by atoms with Crippen LogP contribution in [0.3, 0.4) is 0 Å². The number of aliphatic hydroxyl groups is 1. The normalized spacial score (nSPS) is 11.4. The Bertz CT molecular complexity index is 669. The summed E-state index contributed by atoms with van der Waals surface area (Å²) >= 11 is 0. The van der Waals surface area contributed by atoms with E-state index in [1.54, 1.807) is 12.1 Å². The lowest BCUT2D eigenvalue weighted by Crippen LogP contribution is -2.44. The number of aliphatic hydroxyl groups excluding tert-OH is 1. The number of carbonyl (C=O) groups excluding carboxylic acids is 1. The Morgan fingerprint density at radius 2 is 2.10 bits per heavy atom. The van der Waals surface area contributed by atoms with Crippen LogP contribution in [0.5, 0.6) is 0 Å². The van der Waals surface area contributed by atoms with E-state index in [0.29, 0.717) is 5.69 Å². The summed E-state index contributed by atoms with van der Waals surface area (Å²) in [6.45, 7) is 2.36. The molecule has 108 valence electrons. The fraction of sp³-hybridized carbons (Fsp3) is 0.385. The molecule has 0 fully saturated rings. The summed E-state index contributed by atoms with van der Waals surface area (Å²) in [6, 6.07) is 4.76. The van der Waals surface area contributed by atoms with Gasteiger partial charge in [0.2, 0.25) is 5.91 Å². The molecule has 0 aliphatic rings. The van der Waals surface area contributed by atoms with Gasteiger partial charge < -0.3 is 10.4 Å². The van der Waals surface area contributed by atoms with Crippen molar-refractivity contribution >= 4 is 21.6 Å². The maximum atomic E-state index is 12.0. The summed E-state index contributed by atoms with van der Waals surface area (Å²) in [5.41, 5.74) is 0.369. The number of sulfone groups is 1. The third-order valence-electron chi connectivity index (χ3n) is 2.76. The summed E-state index contributed by atoms with van der Waals surface area (Å²) in [5, 5.41) is 11.0. The lowest BCUT2D eigenvalue weighted by atomic mass is 10.2. The number of hydrogen-bond donors (Lipinski definition) is 2. The minimum absolute atomic E-state index is 0.205. The van der Waals surface area contributed by atoms with Crippen molar-refractivity contribution in [1.82, 2.24) is 4.98 Å². The van der Waals surface area contributed by atoms with Gasteiger partial charge in [-0.2, -0.15) is 0 Å². The first-order valence-corrected chi connectivity index (χ1v) is 7.65. The average molecular weight is 296 g/mol. The van der Waals surface area contributed by atoms with Gasteiger partial charge in [-0.15, -0.1) is 0 Å². The molecule has 0 saturated heterocycles. The van der Waals surface area contributed by atoms with Gasteiger partial charge in [0.15, 0.2) is 9.84 Å². The van der Waals surface area contributed by atoms with Crippen molar-refractivity contribution in [1.29, 1.82) is 0 Å². The first-order chi connectivity index (χ1) is 9.18. The average Bonchev–Trinajstić information content (AvgIpc) is 2.35. The third-order valence-corrected chi connectivity index (χ3v) is 4.80. The van der Waals surface area contributed by atoms with Crippen molar-refractivity contribution in [2.45, 2.75) is 18.6 Å². The van der Waals surface area contributed by atoms with Gasteiger partial charge in [-0.05, 0) is 31.9 Å². The summed E-state index contributed by atoms with van der Waals surface area (Å²) in [7, 11) is -3.55. The van der Waals surface area contributed by atoms with Crippen LogP contribution in [-0.4, -0.2) is 42.0 Å². The van der Waals surface area contributed by atoms with E-state index in [1.807, 2.05) is 0 Å². The number of nitrogens with one attached hydrogen (secondary N) is 1. The molecule has 0 saturated carbocycles. The van der Waals surface area contributed by atoms with Crippen LogP contribution in [0.4, 0.5) is 5.82 Å². The number of amides is 1. The molecule has 0 spiro atoms. The van der Waals surface area contributed by atoms with Crippen molar-refractivity contribution < 1.29 is 18.3 Å². The molecule has 1 aromatic heterocycles. The minimum atomic E-state index is -3.55. The highest BCUT2D eigenvalue weighted by atomic mass is 32.2. The summed E-state index contributed by atoms with van der Waals surface area (Å²) in [5.74, 6) is 4.57. The lowest BCUT2D eigenvalue weighted by Gasteiger charge is -2.21. The molecule has 1 amide bonds. The molecule has 0 aliphatic carbocycles. The quantitative estimate of drug-likeness (QED) is 0.776. The van der Waals surface area contributed by atoms with E-state index >= 15 is 0 Å². The van der Waals surface area contributed by atoms with E-state index in [4.69, 9.17) is 5.11 Å². The van der Waals surface area contributed by atoms with Gasteiger partial charge in [0.05, 0.1) is 0 Å². The predicted molar refractivity (Wildman–Crippen MR) is 75.8 cm³/mol. The van der Waals surface area contributed by atoms with Crippen molar-refractivity contribution in [3.05, 3.63) is 23.9 Å². The Hall–Kier alpha value is -1.91. The first kappa shape index (κ1) is 16.1. The molecule has 1 rings (SSSR count). The number of hydrogen-bond acceptors (Lipinski definition) is 5. The highest BCUT2D eigenvalue weighted by molar-refractivity contribution is 7.92. The zero-order valence-electron chi connectivity index (χ0n) is 11.5. The van der Waals surface area contributed by atoms with Crippen LogP contribution in [-0.2, 0) is 14.6 Å². The maximum Gasteiger partial charge on any atom is 0.246 e. The summed E-state index contributed by atoms with van der Waals surface area (Å²) in [6.07, 6.45) is 1.00. The molecule has 2 N–H and O–H groups in total. The molecule has 6 nitrogen and oxygen atoms in total. The number of anilines is 1. The first-order valence-electron chi connectivity index (χ1n) is 5.76. The molecule has 0 bridgehead atoms. The van der Waals surface area contributed by atoms with Crippen LogP contribution >= 0.6 is 0 Å². The van der Waals surface area contributed by atoms with Gasteiger partial charge in [0.1, 0.15) is 22.9 Å². The van der Waals surface area contributed by atoms with Gasteiger partial charge in [0, 0.05) is 6.26 Å². The van der Waals surface area contributed by atoms with E-state index in [1.165, 1.54) is 19.9 Å². The van der Waals surface area contributed by atoms with Crippen molar-refractivity contribution in [3.63, 3.8) is 0 Å². The predicted octanol–water partition coefficient (Wildman–Crippen LogP) is 0.187. The Morgan fingerprint density at radius 1 is 1.45 bits per heavy atom. The second-order valence-electron chi connectivity index (χ2n) is 4.60.